The van der Waals surface area contributed by atoms with Crippen molar-refractivity contribution in [1.29, 1.82) is 0 Å². The van der Waals surface area contributed by atoms with Gasteiger partial charge in [-0.15, -0.1) is 0 Å². The van der Waals surface area contributed by atoms with Crippen molar-refractivity contribution >= 4 is 27.5 Å². The lowest BCUT2D eigenvalue weighted by molar-refractivity contribution is 0.214. The Balaban J connectivity index is 2.52. The minimum absolute atomic E-state index is 0.256. The Hall–Kier alpha value is -1.30. The molecule has 2 rings (SSSR count). The highest BCUT2D eigenvalue weighted by atomic mass is 79.9. The summed E-state index contributed by atoms with van der Waals surface area (Å²) in [5.74, 6) is 0.283. The summed E-state index contributed by atoms with van der Waals surface area (Å²) in [4.78, 5) is 0. The first-order valence-electron chi connectivity index (χ1n) is 6.02. The van der Waals surface area contributed by atoms with Crippen molar-refractivity contribution in [2.75, 3.05) is 14.2 Å². The van der Waals surface area contributed by atoms with Gasteiger partial charge in [0.2, 0.25) is 0 Å². The van der Waals surface area contributed by atoms with Gasteiger partial charge in [-0.2, -0.15) is 0 Å². The molecule has 0 amide bonds. The minimum Gasteiger partial charge on any atom is -0.495 e. The van der Waals surface area contributed by atoms with Gasteiger partial charge in [0.25, 0.3) is 0 Å². The summed E-state index contributed by atoms with van der Waals surface area (Å²) in [6.07, 6.45) is -1.07. The van der Waals surface area contributed by atoms with E-state index in [-0.39, 0.29) is 5.02 Å². The van der Waals surface area contributed by atoms with Crippen LogP contribution in [0.3, 0.4) is 0 Å². The van der Waals surface area contributed by atoms with Gasteiger partial charge in [0.1, 0.15) is 28.4 Å². The van der Waals surface area contributed by atoms with E-state index < -0.39 is 11.9 Å². The Labute approximate surface area is 135 Å². The van der Waals surface area contributed by atoms with Crippen molar-refractivity contribution in [1.82, 2.24) is 0 Å². The molecule has 0 bridgehead atoms. The monoisotopic (exact) mass is 374 g/mol. The molecule has 1 unspecified atom stereocenters. The van der Waals surface area contributed by atoms with Gasteiger partial charge in [0, 0.05) is 10.0 Å². The second kappa shape index (κ2) is 6.64. The van der Waals surface area contributed by atoms with E-state index in [4.69, 9.17) is 21.1 Å². The molecule has 21 heavy (non-hydrogen) atoms. The van der Waals surface area contributed by atoms with E-state index in [9.17, 15) is 9.50 Å². The van der Waals surface area contributed by atoms with Gasteiger partial charge < -0.3 is 14.6 Å². The summed E-state index contributed by atoms with van der Waals surface area (Å²) in [6.45, 7) is 0. The Kier molecular flexibility index (Phi) is 5.08. The maximum Gasteiger partial charge on any atom is 0.147 e. The zero-order chi connectivity index (χ0) is 15.6. The molecule has 0 aliphatic rings. The van der Waals surface area contributed by atoms with Crippen LogP contribution in [0.4, 0.5) is 4.39 Å². The molecule has 0 heterocycles. The molecule has 1 N–H and O–H groups in total. The van der Waals surface area contributed by atoms with Crippen molar-refractivity contribution in [3.8, 4) is 11.5 Å². The highest BCUT2D eigenvalue weighted by molar-refractivity contribution is 9.10. The largest absolute Gasteiger partial charge is 0.495 e. The SMILES string of the molecule is COc1ccc(C(O)c2cc(F)cc(Br)c2)c(OC)c1Cl. The van der Waals surface area contributed by atoms with Gasteiger partial charge in [-0.3, -0.25) is 0 Å². The van der Waals surface area contributed by atoms with Crippen LogP contribution < -0.4 is 9.47 Å². The van der Waals surface area contributed by atoms with Crippen LogP contribution in [0, 0.1) is 5.82 Å². The fourth-order valence-electron chi connectivity index (χ4n) is 2.05. The molecule has 0 aromatic heterocycles. The summed E-state index contributed by atoms with van der Waals surface area (Å²) in [5.41, 5.74) is 0.821. The molecule has 2 aromatic carbocycles. The average molecular weight is 376 g/mol. The van der Waals surface area contributed by atoms with Crippen LogP contribution in [0.5, 0.6) is 11.5 Å². The molecule has 0 saturated heterocycles. The third-order valence-corrected chi connectivity index (χ3v) is 3.83. The molecular formula is C15H13BrClFO3. The first-order chi connectivity index (χ1) is 9.97. The smallest absolute Gasteiger partial charge is 0.147 e. The molecule has 0 aliphatic carbocycles. The Morgan fingerprint density at radius 2 is 1.90 bits per heavy atom. The molecule has 0 spiro atoms. The van der Waals surface area contributed by atoms with E-state index >= 15 is 0 Å². The fourth-order valence-corrected chi connectivity index (χ4v) is 2.86. The van der Waals surface area contributed by atoms with E-state index in [0.717, 1.165) is 0 Å². The molecule has 0 fully saturated rings. The number of benzene rings is 2. The van der Waals surface area contributed by atoms with Gasteiger partial charge in [-0.1, -0.05) is 27.5 Å². The molecule has 2 aromatic rings. The van der Waals surface area contributed by atoms with E-state index in [1.165, 1.54) is 26.4 Å². The second-order valence-electron chi connectivity index (χ2n) is 4.31. The zero-order valence-electron chi connectivity index (χ0n) is 11.4. The topological polar surface area (TPSA) is 38.7 Å². The number of methoxy groups -OCH3 is 2. The number of hydrogen-bond acceptors (Lipinski definition) is 3. The summed E-state index contributed by atoms with van der Waals surface area (Å²) in [6, 6.07) is 7.46. The number of aliphatic hydroxyl groups excluding tert-OH is 1. The normalized spacial score (nSPS) is 12.1. The van der Waals surface area contributed by atoms with Gasteiger partial charge >= 0.3 is 0 Å². The standard InChI is InChI=1S/C15H13BrClFO3/c1-20-12-4-3-11(15(21-2)13(12)17)14(19)8-5-9(16)7-10(18)6-8/h3-7,14,19H,1-2H3. The summed E-state index contributed by atoms with van der Waals surface area (Å²) < 4.78 is 24.4. The number of ether oxygens (including phenoxy) is 2. The van der Waals surface area contributed by atoms with Crippen molar-refractivity contribution in [2.24, 2.45) is 0 Å². The van der Waals surface area contributed by atoms with Gasteiger partial charge in [0.05, 0.1) is 14.2 Å². The van der Waals surface area contributed by atoms with Crippen LogP contribution in [0.25, 0.3) is 0 Å². The predicted molar refractivity (Wildman–Crippen MR) is 82.7 cm³/mol. The first kappa shape index (κ1) is 16.1. The van der Waals surface area contributed by atoms with Crippen molar-refractivity contribution < 1.29 is 19.0 Å². The molecule has 1 atom stereocenters. The molecule has 0 saturated carbocycles. The minimum atomic E-state index is -1.07. The van der Waals surface area contributed by atoms with E-state index in [1.807, 2.05) is 0 Å². The highest BCUT2D eigenvalue weighted by Crippen LogP contribution is 2.41. The zero-order valence-corrected chi connectivity index (χ0v) is 13.7. The third kappa shape index (κ3) is 3.31. The van der Waals surface area contributed by atoms with Crippen LogP contribution in [-0.2, 0) is 0 Å². The number of rotatable bonds is 4. The summed E-state index contributed by atoms with van der Waals surface area (Å²) in [5, 5.41) is 10.7. The summed E-state index contributed by atoms with van der Waals surface area (Å²) in [7, 11) is 2.93. The number of aliphatic hydroxyl groups is 1. The van der Waals surface area contributed by atoms with Crippen LogP contribution in [0.1, 0.15) is 17.2 Å². The van der Waals surface area contributed by atoms with Crippen LogP contribution in [-0.4, -0.2) is 19.3 Å². The van der Waals surface area contributed by atoms with E-state index in [1.54, 1.807) is 18.2 Å². The summed E-state index contributed by atoms with van der Waals surface area (Å²) >= 11 is 9.36. The molecule has 112 valence electrons. The number of hydrogen-bond donors (Lipinski definition) is 1. The second-order valence-corrected chi connectivity index (χ2v) is 5.60. The highest BCUT2D eigenvalue weighted by Gasteiger charge is 2.21. The van der Waals surface area contributed by atoms with Crippen molar-refractivity contribution in [2.45, 2.75) is 6.10 Å². The lowest BCUT2D eigenvalue weighted by Crippen LogP contribution is -2.04. The Bertz CT molecular complexity index is 643. The average Bonchev–Trinajstić information content (AvgIpc) is 2.45. The molecular weight excluding hydrogens is 363 g/mol. The molecule has 6 heteroatoms. The Morgan fingerprint density at radius 1 is 1.19 bits per heavy atom. The lowest BCUT2D eigenvalue weighted by Gasteiger charge is -2.18. The number of halogens is 3. The fraction of sp³-hybridized carbons (Fsp3) is 0.200. The molecule has 0 aliphatic heterocycles. The predicted octanol–water partition coefficient (Wildman–Crippen LogP) is 4.34. The van der Waals surface area contributed by atoms with Gasteiger partial charge in [0.15, 0.2) is 0 Å². The lowest BCUT2D eigenvalue weighted by atomic mass is 10.0. The van der Waals surface area contributed by atoms with Crippen molar-refractivity contribution in [3.63, 3.8) is 0 Å². The van der Waals surface area contributed by atoms with Crippen LogP contribution in [0.2, 0.25) is 5.02 Å². The maximum atomic E-state index is 13.5. The first-order valence-corrected chi connectivity index (χ1v) is 7.19. The molecule has 0 radical (unpaired) electrons. The quantitative estimate of drug-likeness (QED) is 0.864. The van der Waals surface area contributed by atoms with E-state index in [0.29, 0.717) is 27.1 Å². The Morgan fingerprint density at radius 3 is 2.48 bits per heavy atom. The van der Waals surface area contributed by atoms with Crippen LogP contribution >= 0.6 is 27.5 Å². The third-order valence-electron chi connectivity index (χ3n) is 3.01. The van der Waals surface area contributed by atoms with Gasteiger partial charge in [-0.25, -0.2) is 4.39 Å². The van der Waals surface area contributed by atoms with E-state index in [2.05, 4.69) is 15.9 Å². The van der Waals surface area contributed by atoms with Gasteiger partial charge in [-0.05, 0) is 35.9 Å². The van der Waals surface area contributed by atoms with Crippen molar-refractivity contribution in [3.05, 3.63) is 56.8 Å². The van der Waals surface area contributed by atoms with Crippen LogP contribution in [0.15, 0.2) is 34.8 Å². The molecule has 3 nitrogen and oxygen atoms in total. The maximum absolute atomic E-state index is 13.5.